The van der Waals surface area contributed by atoms with Crippen molar-refractivity contribution < 1.29 is 14.6 Å². The Labute approximate surface area is 77.1 Å². The normalized spacial score (nSPS) is 16.4. The molecular weight excluding hydrogens is 170 g/mol. The van der Waals surface area contributed by atoms with Crippen molar-refractivity contribution in [2.75, 3.05) is 13.1 Å². The van der Waals surface area contributed by atoms with E-state index in [0.717, 1.165) is 0 Å². The number of carbonyl (C=O) groups excluding carboxylic acids is 1. The molecule has 72 valence electrons. The summed E-state index contributed by atoms with van der Waals surface area (Å²) in [6, 6.07) is 0. The van der Waals surface area contributed by atoms with Crippen LogP contribution in [-0.2, 0) is 4.74 Å². The number of hydrogen-bond donors (Lipinski definition) is 1. The van der Waals surface area contributed by atoms with Crippen LogP contribution in [0.1, 0.15) is 13.3 Å². The number of amides is 1. The number of aliphatic hydroxyl groups excluding tert-OH is 1. The first-order chi connectivity index (χ1) is 6.09. The van der Waals surface area contributed by atoms with Crippen molar-refractivity contribution in [2.24, 2.45) is 0 Å². The van der Waals surface area contributed by atoms with Crippen molar-refractivity contribution in [2.45, 2.75) is 13.3 Å². The molecule has 0 aromatic carbocycles. The van der Waals surface area contributed by atoms with Gasteiger partial charge in [-0.25, -0.2) is 4.79 Å². The molecule has 0 aromatic rings. The zero-order valence-electron chi connectivity index (χ0n) is 7.62. The van der Waals surface area contributed by atoms with Crippen LogP contribution < -0.4 is 0 Å². The average molecular weight is 183 g/mol. The van der Waals surface area contributed by atoms with Crippen molar-refractivity contribution in [3.8, 4) is 0 Å². The Morgan fingerprint density at radius 2 is 2.46 bits per heavy atom. The Hall–Kier alpha value is -1.45. The predicted octanol–water partition coefficient (Wildman–Crippen LogP) is 1.80. The van der Waals surface area contributed by atoms with Gasteiger partial charge < -0.3 is 14.7 Å². The molecule has 0 saturated heterocycles. The highest BCUT2D eigenvalue weighted by atomic mass is 16.6. The molecule has 4 nitrogen and oxygen atoms in total. The Morgan fingerprint density at radius 1 is 1.77 bits per heavy atom. The average Bonchev–Trinajstić information content (AvgIpc) is 2.04. The smallest absolute Gasteiger partial charge is 0.415 e. The number of nitrogens with zero attached hydrogens (tertiary/aromatic N) is 1. The molecule has 1 aliphatic rings. The molecule has 0 atom stereocenters. The number of carbonyl (C=O) groups is 1. The van der Waals surface area contributed by atoms with Crippen LogP contribution in [0.2, 0.25) is 0 Å². The van der Waals surface area contributed by atoms with Crippen LogP contribution in [0.3, 0.4) is 0 Å². The number of hydrogen-bond acceptors (Lipinski definition) is 3. The number of ether oxygens (including phenoxy) is 1. The van der Waals surface area contributed by atoms with Gasteiger partial charge in [0.2, 0.25) is 0 Å². The van der Waals surface area contributed by atoms with Crippen LogP contribution in [0.4, 0.5) is 4.79 Å². The van der Waals surface area contributed by atoms with Gasteiger partial charge in [0.1, 0.15) is 0 Å². The minimum atomic E-state index is -0.406. The molecule has 0 spiro atoms. The standard InChI is InChI=1S/C9H13NO3/c1-7(2)13-9(12)10-5-3-8(11)4-6-10/h3,11H,1,4-6H2,2H3. The molecule has 1 amide bonds. The number of aliphatic hydroxyl groups is 1. The highest BCUT2D eigenvalue weighted by molar-refractivity contribution is 5.69. The van der Waals surface area contributed by atoms with Gasteiger partial charge in [-0.05, 0) is 13.0 Å². The van der Waals surface area contributed by atoms with Crippen LogP contribution in [0, 0.1) is 0 Å². The SMILES string of the molecule is C=C(C)OC(=O)N1CC=C(O)CC1. The van der Waals surface area contributed by atoms with Crippen molar-refractivity contribution in [1.82, 2.24) is 4.90 Å². The molecule has 1 heterocycles. The predicted molar refractivity (Wildman–Crippen MR) is 48.2 cm³/mol. The summed E-state index contributed by atoms with van der Waals surface area (Å²) in [6.45, 7) is 5.99. The van der Waals surface area contributed by atoms with Gasteiger partial charge >= 0.3 is 6.09 Å². The van der Waals surface area contributed by atoms with Gasteiger partial charge in [0, 0.05) is 19.5 Å². The molecule has 0 fully saturated rings. The van der Waals surface area contributed by atoms with Crippen molar-refractivity contribution in [3.05, 3.63) is 24.2 Å². The zero-order valence-corrected chi connectivity index (χ0v) is 7.62. The third-order valence-electron chi connectivity index (χ3n) is 1.70. The van der Waals surface area contributed by atoms with E-state index in [1.165, 1.54) is 4.90 Å². The molecule has 13 heavy (non-hydrogen) atoms. The fraction of sp³-hybridized carbons (Fsp3) is 0.444. The molecule has 0 aromatic heterocycles. The monoisotopic (exact) mass is 183 g/mol. The van der Waals surface area contributed by atoms with Gasteiger partial charge in [-0.3, -0.25) is 0 Å². The van der Waals surface area contributed by atoms with Crippen LogP contribution >= 0.6 is 0 Å². The second kappa shape index (κ2) is 3.98. The molecule has 1 rings (SSSR count). The Morgan fingerprint density at radius 3 is 2.92 bits per heavy atom. The van der Waals surface area contributed by atoms with Gasteiger partial charge in [-0.1, -0.05) is 6.58 Å². The molecular formula is C9H13NO3. The number of allylic oxidation sites excluding steroid dienone is 1. The molecule has 0 radical (unpaired) electrons. The van der Waals surface area contributed by atoms with Crippen LogP contribution in [0.15, 0.2) is 24.2 Å². The lowest BCUT2D eigenvalue weighted by Crippen LogP contribution is -2.34. The fourth-order valence-electron chi connectivity index (χ4n) is 1.04. The molecule has 1 aliphatic heterocycles. The van der Waals surface area contributed by atoms with E-state index < -0.39 is 6.09 Å². The van der Waals surface area contributed by atoms with Crippen molar-refractivity contribution in [3.63, 3.8) is 0 Å². The first-order valence-electron chi connectivity index (χ1n) is 4.10. The van der Waals surface area contributed by atoms with Crippen molar-refractivity contribution >= 4 is 6.09 Å². The summed E-state index contributed by atoms with van der Waals surface area (Å²) in [5.41, 5.74) is 0. The van der Waals surface area contributed by atoms with Gasteiger partial charge in [-0.15, -0.1) is 0 Å². The molecule has 0 saturated carbocycles. The largest absolute Gasteiger partial charge is 0.513 e. The molecule has 0 unspecified atom stereocenters. The molecule has 0 aliphatic carbocycles. The highest BCUT2D eigenvalue weighted by Crippen LogP contribution is 2.09. The van der Waals surface area contributed by atoms with Gasteiger partial charge in [0.15, 0.2) is 0 Å². The third kappa shape index (κ3) is 2.82. The van der Waals surface area contributed by atoms with E-state index in [1.807, 2.05) is 0 Å². The Bertz CT molecular complexity index is 258. The number of rotatable bonds is 1. The quantitative estimate of drug-likeness (QED) is 0.630. The maximum absolute atomic E-state index is 11.2. The lowest BCUT2D eigenvalue weighted by Gasteiger charge is -2.23. The first kappa shape index (κ1) is 9.64. The van der Waals surface area contributed by atoms with E-state index in [-0.39, 0.29) is 0 Å². The third-order valence-corrected chi connectivity index (χ3v) is 1.70. The van der Waals surface area contributed by atoms with E-state index in [2.05, 4.69) is 6.58 Å². The highest BCUT2D eigenvalue weighted by Gasteiger charge is 2.17. The van der Waals surface area contributed by atoms with Gasteiger partial charge in [0.25, 0.3) is 0 Å². The molecule has 0 bridgehead atoms. The van der Waals surface area contributed by atoms with Crippen LogP contribution in [-0.4, -0.2) is 29.2 Å². The summed E-state index contributed by atoms with van der Waals surface area (Å²) >= 11 is 0. The maximum atomic E-state index is 11.2. The van der Waals surface area contributed by atoms with E-state index in [1.54, 1.807) is 13.0 Å². The molecule has 4 heteroatoms. The van der Waals surface area contributed by atoms with Crippen molar-refractivity contribution in [1.29, 1.82) is 0 Å². The second-order valence-electron chi connectivity index (χ2n) is 2.96. The van der Waals surface area contributed by atoms with E-state index in [9.17, 15) is 4.79 Å². The second-order valence-corrected chi connectivity index (χ2v) is 2.96. The maximum Gasteiger partial charge on any atom is 0.415 e. The van der Waals surface area contributed by atoms with Crippen LogP contribution in [0.25, 0.3) is 0 Å². The van der Waals surface area contributed by atoms with Crippen LogP contribution in [0.5, 0.6) is 0 Å². The Kier molecular flexibility index (Phi) is 2.95. The zero-order chi connectivity index (χ0) is 9.84. The van der Waals surface area contributed by atoms with E-state index in [4.69, 9.17) is 9.84 Å². The minimum Gasteiger partial charge on any atom is -0.513 e. The van der Waals surface area contributed by atoms with Gasteiger partial charge in [-0.2, -0.15) is 0 Å². The lowest BCUT2D eigenvalue weighted by molar-refractivity contribution is 0.129. The first-order valence-corrected chi connectivity index (χ1v) is 4.10. The summed E-state index contributed by atoms with van der Waals surface area (Å²) < 4.78 is 4.81. The summed E-state index contributed by atoms with van der Waals surface area (Å²) in [6.07, 6.45) is 1.69. The van der Waals surface area contributed by atoms with E-state index >= 15 is 0 Å². The minimum absolute atomic E-state index is 0.333. The summed E-state index contributed by atoms with van der Waals surface area (Å²) in [5, 5.41) is 9.06. The van der Waals surface area contributed by atoms with Gasteiger partial charge in [0.05, 0.1) is 11.5 Å². The fourth-order valence-corrected chi connectivity index (χ4v) is 1.04. The summed E-state index contributed by atoms with van der Waals surface area (Å²) in [7, 11) is 0. The lowest BCUT2D eigenvalue weighted by atomic mass is 10.2. The van der Waals surface area contributed by atoms with E-state index in [0.29, 0.717) is 31.0 Å². The Balaban J connectivity index is 2.46. The molecule has 1 N–H and O–H groups in total. The summed E-state index contributed by atoms with van der Waals surface area (Å²) in [4.78, 5) is 12.8. The topological polar surface area (TPSA) is 49.8 Å². The summed E-state index contributed by atoms with van der Waals surface area (Å²) in [5.74, 6) is 0.711.